The van der Waals surface area contributed by atoms with Crippen LogP contribution in [0.1, 0.15) is 22.3 Å². The monoisotopic (exact) mass is 325 g/mol. The highest BCUT2D eigenvalue weighted by Crippen LogP contribution is 2.21. The van der Waals surface area contributed by atoms with E-state index < -0.39 is 0 Å². The lowest BCUT2D eigenvalue weighted by atomic mass is 10.0. The lowest BCUT2D eigenvalue weighted by Gasteiger charge is -2.14. The van der Waals surface area contributed by atoms with Gasteiger partial charge in [0.2, 0.25) is 0 Å². The van der Waals surface area contributed by atoms with Gasteiger partial charge < -0.3 is 15.3 Å². The molecule has 0 aliphatic rings. The van der Waals surface area contributed by atoms with E-state index in [1.165, 1.54) is 12.7 Å². The third kappa shape index (κ3) is 4.13. The van der Waals surface area contributed by atoms with Gasteiger partial charge in [-0.15, -0.1) is 0 Å². The topological polar surface area (TPSA) is 69.2 Å². The van der Waals surface area contributed by atoms with Crippen molar-refractivity contribution >= 4 is 11.5 Å². The molecule has 0 atom stereocenters. The van der Waals surface area contributed by atoms with E-state index in [9.17, 15) is 0 Å². The number of nitrogens with two attached hydrogens (primary N) is 1. The summed E-state index contributed by atoms with van der Waals surface area (Å²) in [6, 6.07) is 13.9. The lowest BCUT2D eigenvalue weighted by Crippen LogP contribution is -2.26. The largest absolute Gasteiger partial charge is 0.489 e. The SMILES string of the molecule is CN=C(N)C(=NOC)c1ccccc1COc1ccc(C)cc1C. The Morgan fingerprint density at radius 3 is 2.54 bits per heavy atom. The number of aliphatic imine (C=N–C) groups is 1. The van der Waals surface area contributed by atoms with Gasteiger partial charge in [0.15, 0.2) is 5.71 Å². The minimum absolute atomic E-state index is 0.316. The summed E-state index contributed by atoms with van der Waals surface area (Å²) in [6.07, 6.45) is 0. The van der Waals surface area contributed by atoms with Crippen molar-refractivity contribution in [1.82, 2.24) is 0 Å². The van der Waals surface area contributed by atoms with E-state index in [1.54, 1.807) is 7.05 Å². The van der Waals surface area contributed by atoms with Gasteiger partial charge in [0.25, 0.3) is 0 Å². The van der Waals surface area contributed by atoms with Gasteiger partial charge >= 0.3 is 0 Å². The summed E-state index contributed by atoms with van der Waals surface area (Å²) in [5.74, 6) is 1.17. The summed E-state index contributed by atoms with van der Waals surface area (Å²) >= 11 is 0. The zero-order valence-corrected chi connectivity index (χ0v) is 14.5. The molecule has 0 radical (unpaired) electrons. The molecule has 0 spiro atoms. The second-order valence-corrected chi connectivity index (χ2v) is 5.45. The van der Waals surface area contributed by atoms with Crippen LogP contribution in [-0.4, -0.2) is 25.7 Å². The number of benzene rings is 2. The molecule has 5 nitrogen and oxygen atoms in total. The van der Waals surface area contributed by atoms with E-state index in [4.69, 9.17) is 15.3 Å². The number of nitrogens with zero attached hydrogens (tertiary/aromatic N) is 2. The van der Waals surface area contributed by atoms with Crippen LogP contribution in [0.5, 0.6) is 5.75 Å². The van der Waals surface area contributed by atoms with Gasteiger partial charge in [-0.25, -0.2) is 0 Å². The summed E-state index contributed by atoms with van der Waals surface area (Å²) in [7, 11) is 3.10. The number of aryl methyl sites for hydroxylation is 2. The number of hydrogen-bond acceptors (Lipinski definition) is 4. The highest BCUT2D eigenvalue weighted by atomic mass is 16.6. The molecule has 0 heterocycles. The van der Waals surface area contributed by atoms with Crippen LogP contribution in [0.15, 0.2) is 52.6 Å². The predicted molar refractivity (Wildman–Crippen MR) is 97.8 cm³/mol. The second kappa shape index (κ2) is 8.15. The number of ether oxygens (including phenoxy) is 1. The first-order chi connectivity index (χ1) is 11.6. The molecule has 0 aliphatic carbocycles. The number of rotatable bonds is 6. The van der Waals surface area contributed by atoms with Crippen LogP contribution >= 0.6 is 0 Å². The molecule has 2 aromatic rings. The molecule has 0 aromatic heterocycles. The Morgan fingerprint density at radius 1 is 1.12 bits per heavy atom. The fraction of sp³-hybridized carbons (Fsp3) is 0.263. The van der Waals surface area contributed by atoms with Crippen molar-refractivity contribution in [3.63, 3.8) is 0 Å². The molecule has 0 bridgehead atoms. The van der Waals surface area contributed by atoms with E-state index in [0.29, 0.717) is 18.2 Å². The van der Waals surface area contributed by atoms with Crippen molar-refractivity contribution in [2.45, 2.75) is 20.5 Å². The average Bonchev–Trinajstić information content (AvgIpc) is 2.59. The van der Waals surface area contributed by atoms with Gasteiger partial charge in [-0.1, -0.05) is 47.1 Å². The molecule has 0 fully saturated rings. The second-order valence-electron chi connectivity index (χ2n) is 5.45. The van der Waals surface area contributed by atoms with E-state index >= 15 is 0 Å². The number of oxime groups is 1. The molecule has 2 rings (SSSR count). The molecule has 2 N–H and O–H groups in total. The van der Waals surface area contributed by atoms with Crippen molar-refractivity contribution in [2.75, 3.05) is 14.2 Å². The average molecular weight is 325 g/mol. The minimum atomic E-state index is 0.316. The van der Waals surface area contributed by atoms with Crippen LogP contribution in [0.3, 0.4) is 0 Å². The Bertz CT molecular complexity index is 767. The van der Waals surface area contributed by atoms with Crippen LogP contribution in [-0.2, 0) is 11.4 Å². The molecular formula is C19H23N3O2. The van der Waals surface area contributed by atoms with Crippen LogP contribution in [0, 0.1) is 13.8 Å². The van der Waals surface area contributed by atoms with Crippen molar-refractivity contribution in [1.29, 1.82) is 0 Å². The summed E-state index contributed by atoms with van der Waals surface area (Å²) in [4.78, 5) is 8.93. The highest BCUT2D eigenvalue weighted by molar-refractivity contribution is 6.47. The Balaban J connectivity index is 2.30. The molecule has 24 heavy (non-hydrogen) atoms. The highest BCUT2D eigenvalue weighted by Gasteiger charge is 2.14. The van der Waals surface area contributed by atoms with Crippen LogP contribution in [0.25, 0.3) is 0 Å². The van der Waals surface area contributed by atoms with Gasteiger partial charge in [-0.2, -0.15) is 0 Å². The summed E-state index contributed by atoms with van der Waals surface area (Å²) in [5, 5.41) is 4.02. The van der Waals surface area contributed by atoms with Gasteiger partial charge in [0, 0.05) is 12.6 Å². The first-order valence-corrected chi connectivity index (χ1v) is 7.69. The van der Waals surface area contributed by atoms with Crippen LogP contribution in [0.4, 0.5) is 0 Å². The standard InChI is InChI=1S/C19H23N3O2/c1-13-9-10-17(14(2)11-13)24-12-15-7-5-6-8-16(15)18(22-23-4)19(20)21-3/h5-11H,12H2,1-4H3,(H2,20,21). The first kappa shape index (κ1) is 17.5. The molecule has 126 valence electrons. The molecular weight excluding hydrogens is 302 g/mol. The van der Waals surface area contributed by atoms with Crippen LogP contribution in [0.2, 0.25) is 0 Å². The van der Waals surface area contributed by atoms with Gasteiger partial charge in [0.1, 0.15) is 25.3 Å². The van der Waals surface area contributed by atoms with Crippen LogP contribution < -0.4 is 10.5 Å². The maximum Gasteiger partial charge on any atom is 0.152 e. The van der Waals surface area contributed by atoms with Gasteiger partial charge in [-0.05, 0) is 31.0 Å². The van der Waals surface area contributed by atoms with Gasteiger partial charge in [0.05, 0.1) is 0 Å². The third-order valence-corrected chi connectivity index (χ3v) is 3.65. The predicted octanol–water partition coefficient (Wildman–Crippen LogP) is 3.22. The fourth-order valence-corrected chi connectivity index (χ4v) is 2.43. The molecule has 0 aliphatic heterocycles. The smallest absolute Gasteiger partial charge is 0.152 e. The maximum atomic E-state index is 5.98. The van der Waals surface area contributed by atoms with Crippen molar-refractivity contribution < 1.29 is 9.57 Å². The Labute approximate surface area is 142 Å². The van der Waals surface area contributed by atoms with Crippen molar-refractivity contribution in [2.24, 2.45) is 15.9 Å². The fourth-order valence-electron chi connectivity index (χ4n) is 2.43. The lowest BCUT2D eigenvalue weighted by molar-refractivity contribution is 0.214. The molecule has 0 unspecified atom stereocenters. The summed E-state index contributed by atoms with van der Waals surface area (Å²) in [6.45, 7) is 4.50. The minimum Gasteiger partial charge on any atom is -0.489 e. The molecule has 0 saturated heterocycles. The summed E-state index contributed by atoms with van der Waals surface area (Å²) < 4.78 is 5.98. The molecule has 2 aromatic carbocycles. The number of hydrogen-bond donors (Lipinski definition) is 1. The third-order valence-electron chi connectivity index (χ3n) is 3.65. The zero-order chi connectivity index (χ0) is 17.5. The van der Waals surface area contributed by atoms with Crippen molar-refractivity contribution in [3.8, 4) is 5.75 Å². The zero-order valence-electron chi connectivity index (χ0n) is 14.5. The quantitative estimate of drug-likeness (QED) is 0.504. The normalized spacial score (nSPS) is 12.2. The van der Waals surface area contributed by atoms with Gasteiger partial charge in [-0.3, -0.25) is 4.99 Å². The summed E-state index contributed by atoms with van der Waals surface area (Å²) in [5.41, 5.74) is 10.6. The first-order valence-electron chi connectivity index (χ1n) is 7.69. The Morgan fingerprint density at radius 2 is 1.88 bits per heavy atom. The Hall–Kier alpha value is -2.82. The van der Waals surface area contributed by atoms with E-state index in [0.717, 1.165) is 22.4 Å². The molecule has 5 heteroatoms. The number of amidine groups is 1. The Kier molecular flexibility index (Phi) is 5.95. The maximum absolute atomic E-state index is 5.98. The van der Waals surface area contributed by atoms with E-state index in [1.807, 2.05) is 43.3 Å². The van der Waals surface area contributed by atoms with Crippen molar-refractivity contribution in [3.05, 3.63) is 64.7 Å². The van der Waals surface area contributed by atoms with E-state index in [2.05, 4.69) is 23.1 Å². The molecule has 0 saturated carbocycles. The van der Waals surface area contributed by atoms with E-state index in [-0.39, 0.29) is 0 Å². The molecule has 0 amide bonds.